The molecule has 3 aromatic rings. The van der Waals surface area contributed by atoms with Gasteiger partial charge in [0.2, 0.25) is 5.78 Å². The molecule has 1 aliphatic rings. The second-order valence-electron chi connectivity index (χ2n) is 6.88. The van der Waals surface area contributed by atoms with Crippen LogP contribution in [0.15, 0.2) is 72.6 Å². The predicted molar refractivity (Wildman–Crippen MR) is 113 cm³/mol. The van der Waals surface area contributed by atoms with Crippen molar-refractivity contribution in [2.45, 2.75) is 6.42 Å². The van der Waals surface area contributed by atoms with Crippen LogP contribution in [0.2, 0.25) is 0 Å². The summed E-state index contributed by atoms with van der Waals surface area (Å²) in [6.45, 7) is 0. The molecule has 1 aromatic heterocycles. The second kappa shape index (κ2) is 8.14. The molecule has 0 N–H and O–H groups in total. The largest absolute Gasteiger partial charge is 0.311 e. The van der Waals surface area contributed by atoms with E-state index < -0.39 is 17.5 Å². The van der Waals surface area contributed by atoms with Crippen LogP contribution < -0.4 is 4.90 Å². The molecule has 0 radical (unpaired) electrons. The van der Waals surface area contributed by atoms with Crippen molar-refractivity contribution in [3.05, 3.63) is 101 Å². The van der Waals surface area contributed by atoms with Crippen LogP contribution in [-0.2, 0) is 11.2 Å². The number of pyridine rings is 1. The van der Waals surface area contributed by atoms with E-state index in [0.717, 1.165) is 5.56 Å². The average molecular weight is 396 g/mol. The van der Waals surface area contributed by atoms with Crippen molar-refractivity contribution in [2.24, 2.45) is 0 Å². The third-order valence-electron chi connectivity index (χ3n) is 4.79. The molecule has 5 heteroatoms. The molecular formula is C25H17FN2O2. The number of amides is 1. The maximum absolute atomic E-state index is 13.5. The summed E-state index contributed by atoms with van der Waals surface area (Å²) in [6, 6.07) is 14.8. The van der Waals surface area contributed by atoms with E-state index in [2.05, 4.69) is 16.8 Å². The van der Waals surface area contributed by atoms with Crippen LogP contribution in [0.4, 0.5) is 10.1 Å². The first-order chi connectivity index (χ1) is 14.5. The van der Waals surface area contributed by atoms with Crippen molar-refractivity contribution < 1.29 is 14.0 Å². The fourth-order valence-corrected chi connectivity index (χ4v) is 3.26. The first-order valence-corrected chi connectivity index (χ1v) is 9.35. The lowest BCUT2D eigenvalue weighted by Crippen LogP contribution is -2.36. The molecule has 0 atom stereocenters. The Morgan fingerprint density at radius 1 is 1.10 bits per heavy atom. The summed E-state index contributed by atoms with van der Waals surface area (Å²) in [5.41, 5.74) is 3.06. The zero-order valence-electron chi connectivity index (χ0n) is 16.2. The van der Waals surface area contributed by atoms with E-state index >= 15 is 0 Å². The van der Waals surface area contributed by atoms with Crippen LogP contribution in [-0.4, -0.2) is 23.7 Å². The number of halogens is 1. The summed E-state index contributed by atoms with van der Waals surface area (Å²) in [5.74, 6) is 4.89. The lowest BCUT2D eigenvalue weighted by molar-refractivity contribution is -0.114. The minimum Gasteiger partial charge on any atom is -0.311 e. The van der Waals surface area contributed by atoms with Crippen LogP contribution in [0.3, 0.4) is 0 Å². The van der Waals surface area contributed by atoms with Crippen LogP contribution in [0.5, 0.6) is 0 Å². The first-order valence-electron chi connectivity index (χ1n) is 9.35. The van der Waals surface area contributed by atoms with E-state index in [4.69, 9.17) is 0 Å². The first kappa shape index (κ1) is 19.3. The van der Waals surface area contributed by atoms with Gasteiger partial charge in [-0.1, -0.05) is 30.0 Å². The number of carbonyl (C=O) groups excluding carboxylic acids is 2. The molecule has 146 valence electrons. The number of Topliss-reactive ketones (excluding diaryl/α,β-unsaturated/α-hetero) is 1. The molecular weight excluding hydrogens is 379 g/mol. The SMILES string of the molecule is CN1C(=O)/C(=C/c2cccc(F)c2)C(=O)c2cc(C#CCc3cccnc3)ccc21. The number of carbonyl (C=O) groups is 2. The van der Waals surface area contributed by atoms with Gasteiger partial charge in [-0.3, -0.25) is 14.6 Å². The lowest BCUT2D eigenvalue weighted by Gasteiger charge is -2.26. The molecule has 1 amide bonds. The molecule has 30 heavy (non-hydrogen) atoms. The van der Waals surface area contributed by atoms with Crippen LogP contribution in [0.1, 0.15) is 27.0 Å². The summed E-state index contributed by atoms with van der Waals surface area (Å²) in [5, 5.41) is 0. The highest BCUT2D eigenvalue weighted by molar-refractivity contribution is 6.36. The molecule has 0 bridgehead atoms. The van der Waals surface area contributed by atoms with Crippen LogP contribution in [0, 0.1) is 17.7 Å². The molecule has 0 spiro atoms. The Morgan fingerprint density at radius 2 is 1.97 bits per heavy atom. The van der Waals surface area contributed by atoms with E-state index in [1.54, 1.807) is 43.7 Å². The number of likely N-dealkylation sites (N-methyl/N-ethyl adjacent to an activating group) is 1. The monoisotopic (exact) mass is 396 g/mol. The van der Waals surface area contributed by atoms with Gasteiger partial charge < -0.3 is 4.90 Å². The Labute approximate surface area is 173 Å². The van der Waals surface area contributed by atoms with Crippen molar-refractivity contribution in [2.75, 3.05) is 11.9 Å². The van der Waals surface area contributed by atoms with Gasteiger partial charge in [-0.25, -0.2) is 4.39 Å². The van der Waals surface area contributed by atoms with E-state index in [0.29, 0.717) is 28.8 Å². The van der Waals surface area contributed by atoms with Crippen molar-refractivity contribution in [3.8, 4) is 11.8 Å². The smallest absolute Gasteiger partial charge is 0.262 e. The highest BCUT2D eigenvalue weighted by Crippen LogP contribution is 2.31. The van der Waals surface area contributed by atoms with Gasteiger partial charge in [-0.2, -0.15) is 0 Å². The van der Waals surface area contributed by atoms with E-state index in [1.165, 1.54) is 29.2 Å². The summed E-state index contributed by atoms with van der Waals surface area (Å²) in [7, 11) is 1.61. The summed E-state index contributed by atoms with van der Waals surface area (Å²) in [6.07, 6.45) is 5.43. The third-order valence-corrected chi connectivity index (χ3v) is 4.79. The molecule has 1 aliphatic heterocycles. The number of aromatic nitrogens is 1. The third kappa shape index (κ3) is 3.89. The van der Waals surface area contributed by atoms with Crippen LogP contribution in [0.25, 0.3) is 6.08 Å². The zero-order chi connectivity index (χ0) is 21.1. The minimum atomic E-state index is -0.431. The minimum absolute atomic E-state index is 0.00364. The van der Waals surface area contributed by atoms with Crippen molar-refractivity contribution >= 4 is 23.5 Å². The Kier molecular flexibility index (Phi) is 5.23. The Balaban J connectivity index is 1.67. The van der Waals surface area contributed by atoms with Crippen molar-refractivity contribution in [1.29, 1.82) is 0 Å². The van der Waals surface area contributed by atoms with Crippen LogP contribution >= 0.6 is 0 Å². The van der Waals surface area contributed by atoms with E-state index in [1.807, 2.05) is 12.1 Å². The maximum Gasteiger partial charge on any atom is 0.262 e. The Hall–Kier alpha value is -4.04. The fraction of sp³-hybridized carbons (Fsp3) is 0.0800. The predicted octanol–water partition coefficient (Wildman–Crippen LogP) is 4.06. The highest BCUT2D eigenvalue weighted by Gasteiger charge is 2.32. The summed E-state index contributed by atoms with van der Waals surface area (Å²) < 4.78 is 13.5. The lowest BCUT2D eigenvalue weighted by atomic mass is 9.92. The van der Waals surface area contributed by atoms with Gasteiger partial charge in [0.05, 0.1) is 11.3 Å². The number of benzene rings is 2. The zero-order valence-corrected chi connectivity index (χ0v) is 16.2. The molecule has 0 saturated heterocycles. The molecule has 0 fully saturated rings. The summed E-state index contributed by atoms with van der Waals surface area (Å²) in [4.78, 5) is 31.2. The fourth-order valence-electron chi connectivity index (χ4n) is 3.26. The van der Waals surface area contributed by atoms with Gasteiger partial charge in [-0.15, -0.1) is 0 Å². The number of nitrogens with zero attached hydrogens (tertiary/aromatic N) is 2. The number of hydrogen-bond acceptors (Lipinski definition) is 3. The van der Waals surface area contributed by atoms with Gasteiger partial charge >= 0.3 is 0 Å². The normalized spacial score (nSPS) is 14.3. The Bertz CT molecular complexity index is 1240. The number of ketones is 1. The molecule has 0 aliphatic carbocycles. The van der Waals surface area contributed by atoms with Gasteiger partial charge in [0.1, 0.15) is 5.82 Å². The Morgan fingerprint density at radius 3 is 2.73 bits per heavy atom. The van der Waals surface area contributed by atoms with Gasteiger partial charge in [0, 0.05) is 37.0 Å². The maximum atomic E-state index is 13.5. The molecule has 4 rings (SSSR count). The van der Waals surface area contributed by atoms with Gasteiger partial charge in [0.25, 0.3) is 5.91 Å². The van der Waals surface area contributed by atoms with Crippen molar-refractivity contribution in [1.82, 2.24) is 4.98 Å². The quantitative estimate of drug-likeness (QED) is 0.373. The number of fused-ring (bicyclic) bond motifs is 1. The molecule has 0 saturated carbocycles. The standard InChI is InChI=1S/C25H17FN2O2/c1-28-23-11-10-17(5-2-6-18-8-4-12-27-16-18)14-21(23)24(29)22(25(28)30)15-19-7-3-9-20(26)13-19/h3-4,7-16H,6H2,1H3/b22-15+. The molecule has 0 unspecified atom stereocenters. The van der Waals surface area contributed by atoms with Crippen molar-refractivity contribution in [3.63, 3.8) is 0 Å². The highest BCUT2D eigenvalue weighted by atomic mass is 19.1. The van der Waals surface area contributed by atoms with E-state index in [9.17, 15) is 14.0 Å². The van der Waals surface area contributed by atoms with Gasteiger partial charge in [-0.05, 0) is 53.6 Å². The number of hydrogen-bond donors (Lipinski definition) is 0. The molecule has 2 heterocycles. The average Bonchev–Trinajstić information content (AvgIpc) is 2.76. The molecule has 4 nitrogen and oxygen atoms in total. The summed E-state index contributed by atoms with van der Waals surface area (Å²) >= 11 is 0. The number of rotatable bonds is 2. The second-order valence-corrected chi connectivity index (χ2v) is 6.88. The molecule has 2 aromatic carbocycles. The van der Waals surface area contributed by atoms with E-state index in [-0.39, 0.29) is 5.57 Å². The number of anilines is 1. The van der Waals surface area contributed by atoms with Gasteiger partial charge in [0.15, 0.2) is 0 Å². The topological polar surface area (TPSA) is 50.3 Å².